The molecule has 0 spiro atoms. The summed E-state index contributed by atoms with van der Waals surface area (Å²) in [5, 5.41) is 22.0. The van der Waals surface area contributed by atoms with E-state index in [-0.39, 0.29) is 17.1 Å². The molecular formula is C23H25N5O2S. The van der Waals surface area contributed by atoms with E-state index < -0.39 is 0 Å². The normalized spacial score (nSPS) is 20.8. The summed E-state index contributed by atoms with van der Waals surface area (Å²) in [5.74, 6) is 0.945. The zero-order valence-electron chi connectivity index (χ0n) is 17.5. The summed E-state index contributed by atoms with van der Waals surface area (Å²) in [6.07, 6.45) is 0.714. The molecule has 2 heterocycles. The van der Waals surface area contributed by atoms with Gasteiger partial charge in [0.15, 0.2) is 5.82 Å². The van der Waals surface area contributed by atoms with Crippen molar-refractivity contribution in [3.63, 3.8) is 0 Å². The SMILES string of the molecule is C[C@@H]1CN(Cc2nnc(SC(=O)c3ccccc3)n2-c2ccccc2)[C@@H](C)C/C1=N\O. The molecule has 2 aromatic carbocycles. The smallest absolute Gasteiger partial charge is 0.227 e. The second-order valence-corrected chi connectivity index (χ2v) is 8.74. The minimum Gasteiger partial charge on any atom is -0.411 e. The monoisotopic (exact) mass is 435 g/mol. The quantitative estimate of drug-likeness (QED) is 0.366. The van der Waals surface area contributed by atoms with Crippen LogP contribution >= 0.6 is 11.8 Å². The molecule has 8 heteroatoms. The number of nitrogens with zero attached hydrogens (tertiary/aromatic N) is 5. The highest BCUT2D eigenvalue weighted by atomic mass is 32.2. The van der Waals surface area contributed by atoms with Crippen molar-refractivity contribution in [3.05, 3.63) is 72.1 Å². The number of thioether (sulfide) groups is 1. The molecule has 0 bridgehead atoms. The van der Waals surface area contributed by atoms with E-state index >= 15 is 0 Å². The second kappa shape index (κ2) is 9.45. The standard InChI is InChI=1S/C23H25N5O2S/c1-16-14-27(17(2)13-20(16)26-30)15-21-24-25-23(28(21)19-11-7-4-8-12-19)31-22(29)18-9-5-3-6-10-18/h3-12,16-17,30H,13-15H2,1-2H3/b26-20+/t16-,17+/m1/s1. The average molecular weight is 436 g/mol. The number of para-hydroxylation sites is 1. The maximum Gasteiger partial charge on any atom is 0.227 e. The van der Waals surface area contributed by atoms with Crippen LogP contribution in [-0.2, 0) is 6.54 Å². The number of carbonyl (C=O) groups is 1. The van der Waals surface area contributed by atoms with Crippen molar-refractivity contribution >= 4 is 22.6 Å². The lowest BCUT2D eigenvalue weighted by Crippen LogP contribution is -2.45. The molecule has 1 saturated heterocycles. The number of piperidine rings is 1. The van der Waals surface area contributed by atoms with Crippen molar-refractivity contribution in [3.8, 4) is 5.69 Å². The van der Waals surface area contributed by atoms with Crippen molar-refractivity contribution in [2.75, 3.05) is 6.54 Å². The van der Waals surface area contributed by atoms with Crippen molar-refractivity contribution in [1.29, 1.82) is 0 Å². The van der Waals surface area contributed by atoms with Crippen LogP contribution in [0.15, 0.2) is 71.0 Å². The Kier molecular flexibility index (Phi) is 6.48. The number of hydrogen-bond acceptors (Lipinski definition) is 7. The predicted molar refractivity (Wildman–Crippen MR) is 121 cm³/mol. The number of oxime groups is 1. The molecule has 7 nitrogen and oxygen atoms in total. The molecule has 0 radical (unpaired) electrons. The van der Waals surface area contributed by atoms with E-state index in [1.165, 1.54) is 0 Å². The van der Waals surface area contributed by atoms with E-state index in [1.807, 2.05) is 53.1 Å². The zero-order valence-corrected chi connectivity index (χ0v) is 18.4. The molecule has 1 aliphatic heterocycles. The van der Waals surface area contributed by atoms with E-state index in [1.54, 1.807) is 12.1 Å². The maximum absolute atomic E-state index is 12.8. The molecule has 2 atom stereocenters. The van der Waals surface area contributed by atoms with Crippen LogP contribution in [0.5, 0.6) is 0 Å². The third-order valence-electron chi connectivity index (χ3n) is 5.59. The van der Waals surface area contributed by atoms with Crippen molar-refractivity contribution in [2.24, 2.45) is 11.1 Å². The van der Waals surface area contributed by atoms with Gasteiger partial charge in [-0.2, -0.15) is 0 Å². The van der Waals surface area contributed by atoms with Gasteiger partial charge < -0.3 is 5.21 Å². The molecule has 31 heavy (non-hydrogen) atoms. The molecule has 4 rings (SSSR count). The fraction of sp³-hybridized carbons (Fsp3) is 0.304. The molecule has 0 amide bonds. The first-order chi connectivity index (χ1) is 15.1. The Morgan fingerprint density at radius 1 is 1.10 bits per heavy atom. The van der Waals surface area contributed by atoms with Gasteiger partial charge in [0.2, 0.25) is 10.3 Å². The summed E-state index contributed by atoms with van der Waals surface area (Å²) in [7, 11) is 0. The Labute approximate surface area is 185 Å². The van der Waals surface area contributed by atoms with Crippen molar-refractivity contribution in [1.82, 2.24) is 19.7 Å². The van der Waals surface area contributed by atoms with Gasteiger partial charge in [0.25, 0.3) is 0 Å². The number of aromatic nitrogens is 3. The zero-order chi connectivity index (χ0) is 21.8. The highest BCUT2D eigenvalue weighted by molar-refractivity contribution is 8.14. The van der Waals surface area contributed by atoms with Gasteiger partial charge in [0.1, 0.15) is 0 Å². The molecule has 1 aromatic heterocycles. The number of likely N-dealkylation sites (tertiary alicyclic amines) is 1. The van der Waals surface area contributed by atoms with E-state index in [2.05, 4.69) is 34.1 Å². The first kappa shape index (κ1) is 21.3. The van der Waals surface area contributed by atoms with E-state index in [0.717, 1.165) is 35.5 Å². The summed E-state index contributed by atoms with van der Waals surface area (Å²) in [6.45, 7) is 5.55. The van der Waals surface area contributed by atoms with Gasteiger partial charge in [0.05, 0.1) is 12.3 Å². The third-order valence-corrected chi connectivity index (χ3v) is 6.45. The molecule has 1 aliphatic rings. The van der Waals surface area contributed by atoms with Crippen LogP contribution in [0.2, 0.25) is 0 Å². The Hall–Kier alpha value is -2.97. The topological polar surface area (TPSA) is 83.6 Å². The van der Waals surface area contributed by atoms with Crippen LogP contribution in [0.1, 0.15) is 36.5 Å². The van der Waals surface area contributed by atoms with Crippen LogP contribution in [0.4, 0.5) is 0 Å². The van der Waals surface area contributed by atoms with Gasteiger partial charge in [-0.15, -0.1) is 10.2 Å². The third kappa shape index (κ3) is 4.70. The average Bonchev–Trinajstić information content (AvgIpc) is 3.19. The van der Waals surface area contributed by atoms with Crippen LogP contribution in [-0.4, -0.2) is 48.3 Å². The van der Waals surface area contributed by atoms with Crippen molar-refractivity contribution < 1.29 is 10.0 Å². The highest BCUT2D eigenvalue weighted by Crippen LogP contribution is 2.27. The van der Waals surface area contributed by atoms with Crippen molar-refractivity contribution in [2.45, 2.75) is 38.0 Å². The van der Waals surface area contributed by atoms with Crippen LogP contribution in [0, 0.1) is 5.92 Å². The van der Waals surface area contributed by atoms with Gasteiger partial charge in [-0.3, -0.25) is 14.3 Å². The predicted octanol–water partition coefficient (Wildman–Crippen LogP) is 4.26. The summed E-state index contributed by atoms with van der Waals surface area (Å²) in [5.41, 5.74) is 2.38. The van der Waals surface area contributed by atoms with Crippen LogP contribution in [0.3, 0.4) is 0 Å². The van der Waals surface area contributed by atoms with E-state index in [9.17, 15) is 10.0 Å². The van der Waals surface area contributed by atoms with E-state index in [0.29, 0.717) is 23.7 Å². The Balaban J connectivity index is 1.63. The van der Waals surface area contributed by atoms with Crippen LogP contribution < -0.4 is 0 Å². The van der Waals surface area contributed by atoms with Gasteiger partial charge in [-0.25, -0.2) is 0 Å². The van der Waals surface area contributed by atoms with Gasteiger partial charge in [0, 0.05) is 36.2 Å². The summed E-state index contributed by atoms with van der Waals surface area (Å²) in [6, 6.07) is 19.3. The lowest BCUT2D eigenvalue weighted by Gasteiger charge is -2.36. The molecule has 0 aliphatic carbocycles. The fourth-order valence-electron chi connectivity index (χ4n) is 3.83. The fourth-order valence-corrected chi connectivity index (χ4v) is 4.64. The van der Waals surface area contributed by atoms with Gasteiger partial charge in [-0.05, 0) is 30.8 Å². The summed E-state index contributed by atoms with van der Waals surface area (Å²) >= 11 is 1.09. The lowest BCUT2D eigenvalue weighted by atomic mass is 9.93. The molecule has 1 N–H and O–H groups in total. The van der Waals surface area contributed by atoms with Gasteiger partial charge in [-0.1, -0.05) is 60.6 Å². The Bertz CT molecular complexity index is 1070. The molecular weight excluding hydrogens is 410 g/mol. The number of rotatable bonds is 5. The largest absolute Gasteiger partial charge is 0.411 e. The Morgan fingerprint density at radius 2 is 1.77 bits per heavy atom. The molecule has 1 fully saturated rings. The lowest BCUT2D eigenvalue weighted by molar-refractivity contribution is 0.108. The summed E-state index contributed by atoms with van der Waals surface area (Å²) < 4.78 is 1.96. The van der Waals surface area contributed by atoms with Gasteiger partial charge >= 0.3 is 0 Å². The number of hydrogen-bond donors (Lipinski definition) is 1. The number of carbonyl (C=O) groups excluding carboxylic acids is 1. The minimum atomic E-state index is -0.0690. The second-order valence-electron chi connectivity index (χ2n) is 7.80. The van der Waals surface area contributed by atoms with Crippen LogP contribution in [0.25, 0.3) is 5.69 Å². The first-order valence-electron chi connectivity index (χ1n) is 10.3. The first-order valence-corrected chi connectivity index (χ1v) is 11.1. The minimum absolute atomic E-state index is 0.0690. The maximum atomic E-state index is 12.8. The molecule has 3 aromatic rings. The molecule has 0 saturated carbocycles. The highest BCUT2D eigenvalue weighted by Gasteiger charge is 2.30. The Morgan fingerprint density at radius 3 is 2.45 bits per heavy atom. The van der Waals surface area contributed by atoms with E-state index in [4.69, 9.17) is 0 Å². The summed E-state index contributed by atoms with van der Waals surface area (Å²) in [4.78, 5) is 15.1. The number of benzene rings is 2. The molecule has 160 valence electrons. The molecule has 0 unspecified atom stereocenters.